The van der Waals surface area contributed by atoms with Gasteiger partial charge in [0.1, 0.15) is 12.4 Å². The number of fused-ring (bicyclic) bond motifs is 1. The van der Waals surface area contributed by atoms with Gasteiger partial charge >= 0.3 is 0 Å². The number of carbonyl (C=O) groups excluding carboxylic acids is 2. The van der Waals surface area contributed by atoms with Crippen LogP contribution in [0.25, 0.3) is 0 Å². The molecule has 1 heterocycles. The molecule has 4 rings (SSSR count). The quantitative estimate of drug-likeness (QED) is 0.756. The van der Waals surface area contributed by atoms with Gasteiger partial charge in [0.05, 0.1) is 11.7 Å². The van der Waals surface area contributed by atoms with Crippen molar-refractivity contribution in [3.05, 3.63) is 23.8 Å². The lowest BCUT2D eigenvalue weighted by Crippen LogP contribution is -2.47. The van der Waals surface area contributed by atoms with E-state index in [1.807, 2.05) is 7.05 Å². The van der Waals surface area contributed by atoms with Gasteiger partial charge < -0.3 is 19.7 Å². The Balaban J connectivity index is 1.60. The first-order valence-corrected chi connectivity index (χ1v) is 12.0. The fraction of sp³-hybridized carbons (Fsp3) is 0.680. The summed E-state index contributed by atoms with van der Waals surface area (Å²) in [6.45, 7) is 7.38. The summed E-state index contributed by atoms with van der Waals surface area (Å²) in [6, 6.07) is 5.56. The third-order valence-corrected chi connectivity index (χ3v) is 6.98. The molecule has 2 amide bonds. The number of nitrogens with zero attached hydrogens (tertiary/aromatic N) is 2. The zero-order valence-corrected chi connectivity index (χ0v) is 19.8. The molecule has 0 spiro atoms. The number of amides is 2. The van der Waals surface area contributed by atoms with Gasteiger partial charge in [-0.15, -0.1) is 0 Å². The predicted molar refractivity (Wildman–Crippen MR) is 124 cm³/mol. The van der Waals surface area contributed by atoms with Crippen molar-refractivity contribution in [3.8, 4) is 5.75 Å². The molecule has 32 heavy (non-hydrogen) atoms. The molecular weight excluding hydrogens is 406 g/mol. The largest absolute Gasteiger partial charge is 0.491 e. The molecule has 2 aliphatic carbocycles. The van der Waals surface area contributed by atoms with E-state index in [1.165, 1.54) is 12.8 Å². The van der Waals surface area contributed by atoms with Crippen LogP contribution < -0.4 is 10.1 Å². The number of hydrogen-bond donors (Lipinski definition) is 1. The molecule has 0 unspecified atom stereocenters. The molecule has 0 saturated heterocycles. The summed E-state index contributed by atoms with van der Waals surface area (Å²) in [4.78, 5) is 29.7. The molecule has 2 fully saturated rings. The van der Waals surface area contributed by atoms with E-state index in [1.54, 1.807) is 30.2 Å². The van der Waals surface area contributed by atoms with Crippen LogP contribution in [0.4, 0.5) is 5.69 Å². The highest BCUT2D eigenvalue weighted by Gasteiger charge is 2.32. The van der Waals surface area contributed by atoms with E-state index >= 15 is 0 Å². The Morgan fingerprint density at radius 1 is 1.19 bits per heavy atom. The number of anilines is 1. The number of likely N-dealkylation sites (N-methyl/N-ethyl adjacent to an activating group) is 1. The third-order valence-electron chi connectivity index (χ3n) is 6.98. The Morgan fingerprint density at radius 2 is 1.94 bits per heavy atom. The monoisotopic (exact) mass is 443 g/mol. The average molecular weight is 444 g/mol. The Bertz CT molecular complexity index is 836. The number of benzene rings is 1. The van der Waals surface area contributed by atoms with Crippen LogP contribution in [0.3, 0.4) is 0 Å². The van der Waals surface area contributed by atoms with Gasteiger partial charge in [-0.3, -0.25) is 14.5 Å². The Kier molecular flexibility index (Phi) is 7.05. The van der Waals surface area contributed by atoms with Crippen LogP contribution in [-0.2, 0) is 9.53 Å². The molecule has 0 aromatic heterocycles. The van der Waals surface area contributed by atoms with Crippen LogP contribution in [0.1, 0.15) is 49.9 Å². The van der Waals surface area contributed by atoms with E-state index in [-0.39, 0.29) is 35.8 Å². The van der Waals surface area contributed by atoms with Crippen molar-refractivity contribution in [1.29, 1.82) is 0 Å². The molecule has 7 heteroatoms. The zero-order valence-electron chi connectivity index (χ0n) is 19.8. The van der Waals surface area contributed by atoms with Crippen LogP contribution >= 0.6 is 0 Å². The van der Waals surface area contributed by atoms with E-state index in [4.69, 9.17) is 9.47 Å². The van der Waals surface area contributed by atoms with Gasteiger partial charge in [0.25, 0.3) is 5.91 Å². The van der Waals surface area contributed by atoms with Crippen LogP contribution in [0, 0.1) is 17.8 Å². The number of rotatable bonds is 5. The molecule has 7 nitrogen and oxygen atoms in total. The summed E-state index contributed by atoms with van der Waals surface area (Å²) in [5, 5.41) is 2.97. The molecule has 3 atom stereocenters. The lowest BCUT2D eigenvalue weighted by molar-refractivity contribution is -0.117. The highest BCUT2D eigenvalue weighted by atomic mass is 16.5. The summed E-state index contributed by atoms with van der Waals surface area (Å²) < 4.78 is 12.0. The number of carbonyl (C=O) groups is 2. The van der Waals surface area contributed by atoms with Crippen molar-refractivity contribution in [2.24, 2.45) is 17.8 Å². The second kappa shape index (κ2) is 9.79. The van der Waals surface area contributed by atoms with E-state index in [0.717, 1.165) is 31.8 Å². The first-order valence-electron chi connectivity index (χ1n) is 12.0. The lowest BCUT2D eigenvalue weighted by atomic mass is 10.0. The van der Waals surface area contributed by atoms with Crippen molar-refractivity contribution in [3.63, 3.8) is 0 Å². The highest BCUT2D eigenvalue weighted by molar-refractivity contribution is 5.99. The fourth-order valence-corrected chi connectivity index (χ4v) is 4.40. The molecule has 1 aromatic rings. The second-order valence-electron chi connectivity index (χ2n) is 9.97. The van der Waals surface area contributed by atoms with Crippen LogP contribution in [0.2, 0.25) is 0 Å². The first-order chi connectivity index (χ1) is 15.4. The second-order valence-corrected chi connectivity index (χ2v) is 9.97. The van der Waals surface area contributed by atoms with E-state index < -0.39 is 0 Å². The Morgan fingerprint density at radius 3 is 2.59 bits per heavy atom. The maximum atomic E-state index is 13.3. The van der Waals surface area contributed by atoms with Crippen LogP contribution in [-0.4, -0.2) is 74.2 Å². The van der Waals surface area contributed by atoms with Gasteiger partial charge in [0.2, 0.25) is 5.91 Å². The van der Waals surface area contributed by atoms with Crippen molar-refractivity contribution < 1.29 is 19.1 Å². The van der Waals surface area contributed by atoms with E-state index in [9.17, 15) is 9.59 Å². The molecule has 1 aliphatic heterocycles. The van der Waals surface area contributed by atoms with Gasteiger partial charge in [0, 0.05) is 57.5 Å². The highest BCUT2D eigenvalue weighted by Crippen LogP contribution is 2.33. The van der Waals surface area contributed by atoms with Gasteiger partial charge in [-0.1, -0.05) is 6.92 Å². The number of ether oxygens (including phenoxy) is 2. The summed E-state index contributed by atoms with van der Waals surface area (Å²) in [6.07, 6.45) is 4.46. The molecule has 176 valence electrons. The van der Waals surface area contributed by atoms with Crippen molar-refractivity contribution in [2.45, 2.75) is 51.7 Å². The number of methoxy groups -OCH3 is 1. The molecule has 0 bridgehead atoms. The minimum absolute atomic E-state index is 0.0428. The Hall–Kier alpha value is -2.12. The van der Waals surface area contributed by atoms with Crippen molar-refractivity contribution in [1.82, 2.24) is 9.80 Å². The smallest absolute Gasteiger partial charge is 0.257 e. The normalized spacial score (nSPS) is 27.7. The molecule has 0 radical (unpaired) electrons. The number of nitrogens with one attached hydrogen (secondary N) is 1. The van der Waals surface area contributed by atoms with Crippen LogP contribution in [0.15, 0.2) is 18.2 Å². The first kappa shape index (κ1) is 23.1. The van der Waals surface area contributed by atoms with E-state index in [2.05, 4.69) is 24.1 Å². The van der Waals surface area contributed by atoms with Crippen molar-refractivity contribution in [2.75, 3.05) is 45.7 Å². The summed E-state index contributed by atoms with van der Waals surface area (Å²) >= 11 is 0. The fourth-order valence-electron chi connectivity index (χ4n) is 4.40. The maximum absolute atomic E-state index is 13.3. The van der Waals surface area contributed by atoms with Gasteiger partial charge in [-0.05, 0) is 56.6 Å². The summed E-state index contributed by atoms with van der Waals surface area (Å²) in [5.74, 6) is 1.65. The van der Waals surface area contributed by atoms with Crippen LogP contribution in [0.5, 0.6) is 5.75 Å². The molecular formula is C25H37N3O4. The zero-order chi connectivity index (χ0) is 22.8. The minimum Gasteiger partial charge on any atom is -0.491 e. The summed E-state index contributed by atoms with van der Waals surface area (Å²) in [5.41, 5.74) is 1.19. The number of hydrogen-bond acceptors (Lipinski definition) is 5. The molecule has 3 aliphatic rings. The topological polar surface area (TPSA) is 71.1 Å². The van der Waals surface area contributed by atoms with Gasteiger partial charge in [-0.25, -0.2) is 0 Å². The molecule has 2 saturated carbocycles. The van der Waals surface area contributed by atoms with E-state index in [0.29, 0.717) is 30.2 Å². The summed E-state index contributed by atoms with van der Waals surface area (Å²) in [7, 11) is 3.54. The lowest BCUT2D eigenvalue weighted by Gasteiger charge is -2.36. The maximum Gasteiger partial charge on any atom is 0.257 e. The Labute approximate surface area is 191 Å². The standard InChI is InChI=1S/C25H37N3O4/c1-16-12-28(13-18-5-6-18)17(2)15-32-22-11-20(26-24(29)19-7-8-19)9-10-21(22)25(30)27(3)14-23(16)31-4/h9-11,16-19,23H,5-8,12-15H2,1-4H3,(H,26,29)/t16-,17+,23-/m0/s1. The molecule has 1 N–H and O–H groups in total. The SMILES string of the molecule is CO[C@H]1CN(C)C(=O)c2ccc(NC(=O)C3CC3)cc2OC[C@@H](C)N(CC2CC2)C[C@@H]1C. The molecule has 1 aromatic carbocycles. The predicted octanol–water partition coefficient (Wildman–Crippen LogP) is 3.25. The van der Waals surface area contributed by atoms with Crippen molar-refractivity contribution >= 4 is 17.5 Å². The third kappa shape index (κ3) is 5.62. The van der Waals surface area contributed by atoms with Gasteiger partial charge in [-0.2, -0.15) is 0 Å². The average Bonchev–Trinajstić information content (AvgIpc) is 3.68. The minimum atomic E-state index is -0.0996. The van der Waals surface area contributed by atoms with Gasteiger partial charge in [0.15, 0.2) is 0 Å².